The number of ether oxygens (including phenoxy) is 2. The number of aliphatic hydroxyl groups excluding tert-OH is 1. The molecule has 6 heteroatoms. The van der Waals surface area contributed by atoms with Crippen LogP contribution >= 0.6 is 11.6 Å². The van der Waals surface area contributed by atoms with E-state index < -0.39 is 0 Å². The van der Waals surface area contributed by atoms with Crippen LogP contribution in [0, 0.1) is 0 Å². The van der Waals surface area contributed by atoms with Crippen molar-refractivity contribution in [3.8, 4) is 11.5 Å². The van der Waals surface area contributed by atoms with Crippen LogP contribution in [0.15, 0.2) is 12.1 Å². The Hall–Kier alpha value is -1.46. The molecule has 112 valence electrons. The van der Waals surface area contributed by atoms with Gasteiger partial charge >= 0.3 is 0 Å². The number of nitrogens with one attached hydrogen (secondary N) is 1. The average Bonchev–Trinajstić information content (AvgIpc) is 2.43. The van der Waals surface area contributed by atoms with Crippen LogP contribution in [0.3, 0.4) is 0 Å². The highest BCUT2D eigenvalue weighted by Gasteiger charge is 2.16. The van der Waals surface area contributed by atoms with Gasteiger partial charge in [-0.2, -0.15) is 0 Å². The van der Waals surface area contributed by atoms with E-state index in [-0.39, 0.29) is 18.6 Å². The van der Waals surface area contributed by atoms with Crippen LogP contribution in [0.4, 0.5) is 0 Å². The summed E-state index contributed by atoms with van der Waals surface area (Å²) in [4.78, 5) is 12.1. The van der Waals surface area contributed by atoms with Gasteiger partial charge < -0.3 is 19.9 Å². The number of hydrogen-bond donors (Lipinski definition) is 2. The molecule has 0 spiro atoms. The molecule has 0 saturated carbocycles. The van der Waals surface area contributed by atoms with E-state index in [1.807, 2.05) is 6.92 Å². The number of methoxy groups -OCH3 is 2. The topological polar surface area (TPSA) is 67.8 Å². The van der Waals surface area contributed by atoms with Gasteiger partial charge in [0.2, 0.25) is 0 Å². The van der Waals surface area contributed by atoms with Crippen molar-refractivity contribution in [3.05, 3.63) is 22.7 Å². The number of benzene rings is 1. The van der Waals surface area contributed by atoms with Crippen LogP contribution in [-0.2, 0) is 0 Å². The molecule has 1 atom stereocenters. The van der Waals surface area contributed by atoms with Crippen molar-refractivity contribution >= 4 is 17.5 Å². The molecule has 0 saturated heterocycles. The van der Waals surface area contributed by atoms with Crippen LogP contribution < -0.4 is 14.8 Å². The Morgan fingerprint density at radius 1 is 1.40 bits per heavy atom. The summed E-state index contributed by atoms with van der Waals surface area (Å²) in [6, 6.07) is 3.09. The van der Waals surface area contributed by atoms with Crippen molar-refractivity contribution < 1.29 is 19.4 Å². The first-order valence-corrected chi connectivity index (χ1v) is 6.74. The highest BCUT2D eigenvalue weighted by molar-refractivity contribution is 6.32. The molecule has 0 aliphatic rings. The fraction of sp³-hybridized carbons (Fsp3) is 0.500. The molecule has 0 aliphatic carbocycles. The molecule has 0 heterocycles. The van der Waals surface area contributed by atoms with Crippen molar-refractivity contribution in [1.29, 1.82) is 0 Å². The zero-order chi connectivity index (χ0) is 15.1. The standard InChI is InChI=1S/C14H20ClNO4/c1-9(5-4-6-17)16-14(18)10-7-11(15)13(20-3)12(8-10)19-2/h7-9,17H,4-6H2,1-3H3,(H,16,18). The van der Waals surface area contributed by atoms with Gasteiger partial charge in [0.15, 0.2) is 11.5 Å². The second-order valence-electron chi connectivity index (χ2n) is 4.43. The third kappa shape index (κ3) is 4.28. The maximum Gasteiger partial charge on any atom is 0.251 e. The molecule has 0 fully saturated rings. The van der Waals surface area contributed by atoms with E-state index >= 15 is 0 Å². The van der Waals surface area contributed by atoms with Crippen molar-refractivity contribution in [2.75, 3.05) is 20.8 Å². The maximum atomic E-state index is 12.1. The summed E-state index contributed by atoms with van der Waals surface area (Å²) in [5.74, 6) is 0.575. The average molecular weight is 302 g/mol. The van der Waals surface area contributed by atoms with Crippen LogP contribution in [0.5, 0.6) is 11.5 Å². The Bertz CT molecular complexity index is 465. The largest absolute Gasteiger partial charge is 0.493 e. The molecule has 0 bridgehead atoms. The van der Waals surface area contributed by atoms with Gasteiger partial charge in [0.05, 0.1) is 19.2 Å². The molecular weight excluding hydrogens is 282 g/mol. The summed E-state index contributed by atoms with van der Waals surface area (Å²) in [6.07, 6.45) is 1.36. The normalized spacial score (nSPS) is 11.8. The number of hydrogen-bond acceptors (Lipinski definition) is 4. The summed E-state index contributed by atoms with van der Waals surface area (Å²) < 4.78 is 10.3. The third-order valence-electron chi connectivity index (χ3n) is 2.87. The first-order chi connectivity index (χ1) is 9.53. The predicted molar refractivity (Wildman–Crippen MR) is 77.8 cm³/mol. The van der Waals surface area contributed by atoms with Crippen LogP contribution in [-0.4, -0.2) is 37.9 Å². The molecule has 1 unspecified atom stereocenters. The summed E-state index contributed by atoms with van der Waals surface area (Å²) in [5.41, 5.74) is 0.406. The molecule has 0 aromatic heterocycles. The number of carbonyl (C=O) groups excluding carboxylic acids is 1. The molecule has 5 nitrogen and oxygen atoms in total. The van der Waals surface area contributed by atoms with Gasteiger partial charge in [-0.3, -0.25) is 4.79 Å². The Balaban J connectivity index is 2.85. The van der Waals surface area contributed by atoms with Gasteiger partial charge in [0, 0.05) is 18.2 Å². The van der Waals surface area contributed by atoms with E-state index in [9.17, 15) is 4.79 Å². The van der Waals surface area contributed by atoms with Crippen molar-refractivity contribution in [3.63, 3.8) is 0 Å². The minimum Gasteiger partial charge on any atom is -0.493 e. The molecule has 20 heavy (non-hydrogen) atoms. The first kappa shape index (κ1) is 16.6. The minimum absolute atomic E-state index is 0.0264. The highest BCUT2D eigenvalue weighted by atomic mass is 35.5. The van der Waals surface area contributed by atoms with Crippen molar-refractivity contribution in [1.82, 2.24) is 5.32 Å². The summed E-state index contributed by atoms with van der Waals surface area (Å²) in [7, 11) is 2.97. The van der Waals surface area contributed by atoms with E-state index in [2.05, 4.69) is 5.32 Å². The lowest BCUT2D eigenvalue weighted by Gasteiger charge is -2.15. The fourth-order valence-corrected chi connectivity index (χ4v) is 2.11. The Labute approximate surface area is 123 Å². The van der Waals surface area contributed by atoms with Crippen LogP contribution in [0.1, 0.15) is 30.1 Å². The lowest BCUT2D eigenvalue weighted by molar-refractivity contribution is 0.0936. The third-order valence-corrected chi connectivity index (χ3v) is 3.15. The zero-order valence-electron chi connectivity index (χ0n) is 11.9. The number of rotatable bonds is 7. The fourth-order valence-electron chi connectivity index (χ4n) is 1.83. The predicted octanol–water partition coefficient (Wildman–Crippen LogP) is 2.25. The van der Waals surface area contributed by atoms with Crippen LogP contribution in [0.2, 0.25) is 5.02 Å². The number of carbonyl (C=O) groups is 1. The molecule has 2 N–H and O–H groups in total. The van der Waals surface area contributed by atoms with E-state index in [0.29, 0.717) is 34.9 Å². The summed E-state index contributed by atoms with van der Waals surface area (Å²) in [5, 5.41) is 11.9. The van der Waals surface area contributed by atoms with E-state index in [0.717, 1.165) is 0 Å². The van der Waals surface area contributed by atoms with Gasteiger partial charge in [0.25, 0.3) is 5.91 Å². The number of amides is 1. The summed E-state index contributed by atoms with van der Waals surface area (Å²) in [6.45, 7) is 2.00. The molecule has 1 rings (SSSR count). The Morgan fingerprint density at radius 2 is 2.10 bits per heavy atom. The van der Waals surface area contributed by atoms with Crippen molar-refractivity contribution in [2.45, 2.75) is 25.8 Å². The van der Waals surface area contributed by atoms with Gasteiger partial charge in [-0.25, -0.2) is 0 Å². The molecule has 1 aromatic rings. The molecular formula is C14H20ClNO4. The van der Waals surface area contributed by atoms with Crippen LogP contribution in [0.25, 0.3) is 0 Å². The molecule has 0 radical (unpaired) electrons. The van der Waals surface area contributed by atoms with Gasteiger partial charge in [-0.1, -0.05) is 11.6 Å². The monoisotopic (exact) mass is 301 g/mol. The Morgan fingerprint density at radius 3 is 2.65 bits per heavy atom. The van der Waals surface area contributed by atoms with E-state index in [4.69, 9.17) is 26.2 Å². The smallest absolute Gasteiger partial charge is 0.251 e. The number of halogens is 1. The maximum absolute atomic E-state index is 12.1. The number of aliphatic hydroxyl groups is 1. The minimum atomic E-state index is -0.238. The van der Waals surface area contributed by atoms with Gasteiger partial charge in [0.1, 0.15) is 0 Å². The Kier molecular flexibility index (Phi) is 6.61. The van der Waals surface area contributed by atoms with E-state index in [1.54, 1.807) is 6.07 Å². The van der Waals surface area contributed by atoms with E-state index in [1.165, 1.54) is 20.3 Å². The van der Waals surface area contributed by atoms with Gasteiger partial charge in [-0.05, 0) is 31.9 Å². The SMILES string of the molecule is COc1cc(C(=O)NC(C)CCCO)cc(Cl)c1OC. The lowest BCUT2D eigenvalue weighted by Crippen LogP contribution is -2.32. The molecule has 1 amide bonds. The second kappa shape index (κ2) is 7.97. The highest BCUT2D eigenvalue weighted by Crippen LogP contribution is 2.35. The quantitative estimate of drug-likeness (QED) is 0.810. The first-order valence-electron chi connectivity index (χ1n) is 6.36. The molecule has 0 aliphatic heterocycles. The summed E-state index contributed by atoms with van der Waals surface area (Å²) >= 11 is 6.06. The zero-order valence-corrected chi connectivity index (χ0v) is 12.7. The lowest BCUT2D eigenvalue weighted by atomic mass is 10.1. The molecule has 1 aromatic carbocycles. The second-order valence-corrected chi connectivity index (χ2v) is 4.84. The van der Waals surface area contributed by atoms with Gasteiger partial charge in [-0.15, -0.1) is 0 Å². The van der Waals surface area contributed by atoms with Crippen molar-refractivity contribution in [2.24, 2.45) is 0 Å².